The highest BCUT2D eigenvalue weighted by atomic mass is 16.5. The number of methoxy groups -OCH3 is 1. The summed E-state index contributed by atoms with van der Waals surface area (Å²) >= 11 is 0. The van der Waals surface area contributed by atoms with E-state index in [4.69, 9.17) is 15.2 Å². The minimum Gasteiger partial charge on any atom is -0.491 e. The molecule has 0 unspecified atom stereocenters. The maximum absolute atomic E-state index is 6.04. The van der Waals surface area contributed by atoms with Gasteiger partial charge in [-0.05, 0) is 17.7 Å². The average molecular weight is 324 g/mol. The maximum atomic E-state index is 6.04. The van der Waals surface area contributed by atoms with Crippen LogP contribution in [0, 0.1) is 0 Å². The number of benzene rings is 2. The molecule has 2 aromatic rings. The highest BCUT2D eigenvalue weighted by molar-refractivity contribution is 5.92. The van der Waals surface area contributed by atoms with Crippen LogP contribution in [0.1, 0.15) is 5.56 Å². The number of aliphatic imine (C=N–C) groups is 2. The molecular formula is C18H20N4O2. The third-order valence-electron chi connectivity index (χ3n) is 3.62. The highest BCUT2D eigenvalue weighted by Gasteiger charge is 2.13. The predicted octanol–water partition coefficient (Wildman–Crippen LogP) is 2.56. The van der Waals surface area contributed by atoms with Crippen LogP contribution in [0.3, 0.4) is 0 Å². The molecule has 0 saturated heterocycles. The monoisotopic (exact) mass is 324 g/mol. The van der Waals surface area contributed by atoms with E-state index < -0.39 is 0 Å². The van der Waals surface area contributed by atoms with Crippen molar-refractivity contribution in [3.63, 3.8) is 0 Å². The van der Waals surface area contributed by atoms with Gasteiger partial charge in [0.05, 0.1) is 20.0 Å². The summed E-state index contributed by atoms with van der Waals surface area (Å²) in [7, 11) is 1.59. The second-order valence-electron chi connectivity index (χ2n) is 5.27. The summed E-state index contributed by atoms with van der Waals surface area (Å²) in [6.45, 7) is 1.92. The van der Waals surface area contributed by atoms with Crippen LogP contribution in [0.4, 0.5) is 5.69 Å². The van der Waals surface area contributed by atoms with Gasteiger partial charge in [-0.2, -0.15) is 0 Å². The molecule has 0 saturated carbocycles. The van der Waals surface area contributed by atoms with Gasteiger partial charge in [-0.15, -0.1) is 0 Å². The number of ether oxygens (including phenoxy) is 2. The van der Waals surface area contributed by atoms with Crippen LogP contribution in [0.25, 0.3) is 0 Å². The Morgan fingerprint density at radius 2 is 2.04 bits per heavy atom. The highest BCUT2D eigenvalue weighted by Crippen LogP contribution is 2.37. The molecule has 124 valence electrons. The lowest BCUT2D eigenvalue weighted by atomic mass is 10.2. The second-order valence-corrected chi connectivity index (χ2v) is 5.27. The van der Waals surface area contributed by atoms with Crippen molar-refractivity contribution >= 4 is 18.0 Å². The molecule has 6 nitrogen and oxygen atoms in total. The summed E-state index contributed by atoms with van der Waals surface area (Å²) in [6.07, 6.45) is 1.70. The first kappa shape index (κ1) is 15.9. The van der Waals surface area contributed by atoms with Crippen LogP contribution in [0.5, 0.6) is 11.5 Å². The quantitative estimate of drug-likeness (QED) is 0.678. The van der Waals surface area contributed by atoms with Gasteiger partial charge < -0.3 is 20.1 Å². The zero-order valence-electron chi connectivity index (χ0n) is 13.6. The number of hydrogen-bond acceptors (Lipinski definition) is 4. The minimum absolute atomic E-state index is 0.384. The number of hydrogen-bond donors (Lipinski definition) is 1. The van der Waals surface area contributed by atoms with E-state index in [1.165, 1.54) is 0 Å². The molecule has 1 aliphatic rings. The van der Waals surface area contributed by atoms with E-state index in [0.29, 0.717) is 29.8 Å². The third-order valence-corrected chi connectivity index (χ3v) is 3.62. The molecule has 24 heavy (non-hydrogen) atoms. The smallest absolute Gasteiger partial charge is 0.201 e. The van der Waals surface area contributed by atoms with Crippen molar-refractivity contribution < 1.29 is 9.47 Å². The van der Waals surface area contributed by atoms with Crippen LogP contribution < -0.4 is 15.2 Å². The van der Waals surface area contributed by atoms with Crippen molar-refractivity contribution in [3.8, 4) is 11.5 Å². The zero-order valence-corrected chi connectivity index (χ0v) is 13.6. The summed E-state index contributed by atoms with van der Waals surface area (Å²) in [5, 5.41) is 0. The number of guanidine groups is 1. The summed E-state index contributed by atoms with van der Waals surface area (Å²) < 4.78 is 11.4. The van der Waals surface area contributed by atoms with Gasteiger partial charge in [0.1, 0.15) is 12.3 Å². The van der Waals surface area contributed by atoms with Crippen LogP contribution in [-0.4, -0.2) is 37.4 Å². The van der Waals surface area contributed by atoms with Gasteiger partial charge in [-0.25, -0.2) is 4.99 Å². The first-order valence-electron chi connectivity index (χ1n) is 7.72. The Bertz CT molecular complexity index is 744. The Labute approximate surface area is 141 Å². The second kappa shape index (κ2) is 7.50. The molecule has 3 rings (SSSR count). The van der Waals surface area contributed by atoms with E-state index in [1.54, 1.807) is 18.3 Å². The Balaban J connectivity index is 1.80. The topological polar surface area (TPSA) is 72.4 Å². The van der Waals surface area contributed by atoms with Crippen molar-refractivity contribution in [2.24, 2.45) is 15.7 Å². The van der Waals surface area contributed by atoms with E-state index in [1.807, 2.05) is 48.5 Å². The Morgan fingerprint density at radius 1 is 1.21 bits per heavy atom. The van der Waals surface area contributed by atoms with Gasteiger partial charge in [-0.1, -0.05) is 36.4 Å². The zero-order chi connectivity index (χ0) is 16.8. The molecule has 0 atom stereocenters. The molecule has 1 heterocycles. The SMILES string of the molecule is COc1c(N=C(N)N2C=NCC2)cccc1OCc1ccccc1. The largest absolute Gasteiger partial charge is 0.491 e. The molecule has 1 aliphatic heterocycles. The van der Waals surface area contributed by atoms with Crippen molar-refractivity contribution in [3.05, 3.63) is 54.1 Å². The minimum atomic E-state index is 0.384. The van der Waals surface area contributed by atoms with Gasteiger partial charge in [0, 0.05) is 6.54 Å². The predicted molar refractivity (Wildman–Crippen MR) is 95.1 cm³/mol. The first-order valence-corrected chi connectivity index (χ1v) is 7.72. The number of nitrogens with zero attached hydrogens (tertiary/aromatic N) is 3. The van der Waals surface area contributed by atoms with Crippen molar-refractivity contribution in [1.82, 2.24) is 4.90 Å². The van der Waals surface area contributed by atoms with Crippen molar-refractivity contribution in [2.75, 3.05) is 20.2 Å². The number of nitrogens with two attached hydrogens (primary N) is 1. The van der Waals surface area contributed by atoms with E-state index in [9.17, 15) is 0 Å². The average Bonchev–Trinajstić information content (AvgIpc) is 3.16. The molecule has 0 aromatic heterocycles. The fourth-order valence-electron chi connectivity index (χ4n) is 2.39. The van der Waals surface area contributed by atoms with Gasteiger partial charge in [-0.3, -0.25) is 4.99 Å². The van der Waals surface area contributed by atoms with E-state index in [2.05, 4.69) is 9.98 Å². The Kier molecular flexibility index (Phi) is 4.96. The molecule has 0 amide bonds. The Morgan fingerprint density at radius 3 is 2.75 bits per heavy atom. The molecule has 0 fully saturated rings. The molecule has 2 N–H and O–H groups in total. The summed E-state index contributed by atoms with van der Waals surface area (Å²) in [5.74, 6) is 1.58. The fourth-order valence-corrected chi connectivity index (χ4v) is 2.39. The normalized spacial score (nSPS) is 14.0. The van der Waals surface area contributed by atoms with Gasteiger partial charge >= 0.3 is 0 Å². The molecule has 0 spiro atoms. The molecule has 0 aliphatic carbocycles. The molecular weight excluding hydrogens is 304 g/mol. The van der Waals surface area contributed by atoms with Crippen molar-refractivity contribution in [1.29, 1.82) is 0 Å². The lowest BCUT2D eigenvalue weighted by Crippen LogP contribution is -2.34. The lowest BCUT2D eigenvalue weighted by Gasteiger charge is -2.15. The molecule has 2 aromatic carbocycles. The van der Waals surface area contributed by atoms with Gasteiger partial charge in [0.15, 0.2) is 11.5 Å². The summed E-state index contributed by atoms with van der Waals surface area (Å²) in [5.41, 5.74) is 7.75. The Hall–Kier alpha value is -3.02. The summed E-state index contributed by atoms with van der Waals surface area (Å²) in [6, 6.07) is 15.5. The van der Waals surface area contributed by atoms with Crippen LogP contribution >= 0.6 is 0 Å². The first-order chi connectivity index (χ1) is 11.8. The van der Waals surface area contributed by atoms with E-state index in [0.717, 1.165) is 18.7 Å². The lowest BCUT2D eigenvalue weighted by molar-refractivity contribution is 0.285. The molecule has 0 radical (unpaired) electrons. The summed E-state index contributed by atoms with van der Waals surface area (Å²) in [4.78, 5) is 10.4. The van der Waals surface area contributed by atoms with Crippen LogP contribution in [0.2, 0.25) is 0 Å². The standard InChI is InChI=1S/C18H20N4O2/c1-23-17-15(21-18(19)22-11-10-20-13-22)8-5-9-16(17)24-12-14-6-3-2-4-7-14/h2-9,13H,10-12H2,1H3,(H2,19,21). The van der Waals surface area contributed by atoms with E-state index >= 15 is 0 Å². The number of para-hydroxylation sites is 1. The number of rotatable bonds is 5. The van der Waals surface area contributed by atoms with Crippen LogP contribution in [0.15, 0.2) is 58.5 Å². The van der Waals surface area contributed by atoms with E-state index in [-0.39, 0.29) is 0 Å². The van der Waals surface area contributed by atoms with Crippen molar-refractivity contribution in [2.45, 2.75) is 6.61 Å². The van der Waals surface area contributed by atoms with Crippen LogP contribution in [-0.2, 0) is 6.61 Å². The third kappa shape index (κ3) is 3.65. The molecule has 6 heteroatoms. The van der Waals surface area contributed by atoms with Gasteiger partial charge in [0.2, 0.25) is 5.96 Å². The van der Waals surface area contributed by atoms with Gasteiger partial charge in [0.25, 0.3) is 0 Å². The molecule has 0 bridgehead atoms. The maximum Gasteiger partial charge on any atom is 0.201 e. The fraction of sp³-hybridized carbons (Fsp3) is 0.222.